The summed E-state index contributed by atoms with van der Waals surface area (Å²) in [6.07, 6.45) is 2.84. The van der Waals surface area contributed by atoms with E-state index in [1.165, 1.54) is 7.11 Å². The van der Waals surface area contributed by atoms with Crippen LogP contribution < -0.4 is 10.6 Å². The van der Waals surface area contributed by atoms with Crippen LogP contribution in [-0.2, 0) is 18.9 Å². The number of amides is 1. The first-order valence-corrected chi connectivity index (χ1v) is 14.6. The zero-order valence-corrected chi connectivity index (χ0v) is 22.9. The van der Waals surface area contributed by atoms with Crippen LogP contribution in [0.1, 0.15) is 49.0 Å². The quantitative estimate of drug-likeness (QED) is 0.105. The molecule has 4 aromatic rings. The molecule has 0 bridgehead atoms. The fraction of sp³-hybridized carbons (Fsp3) is 0.267. The average Bonchev–Trinajstić information content (AvgIpc) is 2.92. The first-order valence-electron chi connectivity index (χ1n) is 12.9. The highest BCUT2D eigenvalue weighted by Crippen LogP contribution is 2.53. The van der Waals surface area contributed by atoms with Gasteiger partial charge < -0.3 is 25.2 Å². The van der Waals surface area contributed by atoms with Crippen molar-refractivity contribution in [3.63, 3.8) is 0 Å². The van der Waals surface area contributed by atoms with Crippen molar-refractivity contribution in [2.75, 3.05) is 19.0 Å². The van der Waals surface area contributed by atoms with Gasteiger partial charge in [-0.1, -0.05) is 86.5 Å². The summed E-state index contributed by atoms with van der Waals surface area (Å²) in [5.74, 6) is -1.40. The molecule has 4 N–H and O–H groups in total. The molecule has 2 atom stereocenters. The minimum absolute atomic E-state index is 0.225. The van der Waals surface area contributed by atoms with E-state index in [1.807, 2.05) is 42.5 Å². The van der Waals surface area contributed by atoms with Crippen LogP contribution in [0.3, 0.4) is 0 Å². The largest absolute Gasteiger partial charge is 0.468 e. The van der Waals surface area contributed by atoms with Gasteiger partial charge in [-0.2, -0.15) is 0 Å². The van der Waals surface area contributed by atoms with Gasteiger partial charge in [0.25, 0.3) is 0 Å². The van der Waals surface area contributed by atoms with Gasteiger partial charge in [-0.05, 0) is 52.2 Å². The number of fused-ring (bicyclic) bond motifs is 2. The molecule has 0 saturated heterocycles. The smallest absolute Gasteiger partial charge is 0.342 e. The molecule has 0 aliphatic heterocycles. The van der Waals surface area contributed by atoms with Crippen molar-refractivity contribution in [2.45, 2.75) is 37.9 Å². The van der Waals surface area contributed by atoms with Crippen LogP contribution in [-0.4, -0.2) is 35.3 Å². The third kappa shape index (κ3) is 6.54. The molecule has 39 heavy (non-hydrogen) atoms. The molecule has 0 heterocycles. The lowest BCUT2D eigenvalue weighted by molar-refractivity contribution is -0.143. The molecular weight excluding hydrogens is 515 g/mol. The van der Waals surface area contributed by atoms with Crippen LogP contribution in [0.2, 0.25) is 0 Å². The molecule has 8 nitrogen and oxygen atoms in total. The van der Waals surface area contributed by atoms with Crippen molar-refractivity contribution in [3.05, 3.63) is 90.0 Å². The second kappa shape index (κ2) is 12.5. The van der Waals surface area contributed by atoms with Crippen LogP contribution in [0, 0.1) is 0 Å². The van der Waals surface area contributed by atoms with Gasteiger partial charge in [-0.15, -0.1) is 0 Å². The topological polar surface area (TPSA) is 125 Å². The Balaban J connectivity index is 1.80. The maximum atomic E-state index is 13.7. The summed E-state index contributed by atoms with van der Waals surface area (Å²) in [6.45, 7) is 2.64. The highest BCUT2D eigenvalue weighted by Gasteiger charge is 2.39. The maximum absolute atomic E-state index is 13.7. The van der Waals surface area contributed by atoms with Gasteiger partial charge in [0.15, 0.2) is 5.66 Å². The van der Waals surface area contributed by atoms with Crippen molar-refractivity contribution in [2.24, 2.45) is 0 Å². The zero-order valence-electron chi connectivity index (χ0n) is 22.0. The van der Waals surface area contributed by atoms with E-state index in [0.29, 0.717) is 17.5 Å². The first kappa shape index (κ1) is 28.5. The summed E-state index contributed by atoms with van der Waals surface area (Å²) in [7, 11) is -3.65. The lowest BCUT2D eigenvalue weighted by Gasteiger charge is -2.24. The molecule has 4 aromatic carbocycles. The number of esters is 1. The zero-order chi connectivity index (χ0) is 28.0. The SMILES string of the molecule is CCCCCNC(C(=O)OC)c1cc2ccccc2cc1NC(=O)C(c1cccc2ccccc12)P(=O)(O)O. The molecule has 1 amide bonds. The molecule has 0 saturated carbocycles. The van der Waals surface area contributed by atoms with Gasteiger partial charge in [0, 0.05) is 11.3 Å². The number of ether oxygens (including phenoxy) is 1. The summed E-state index contributed by atoms with van der Waals surface area (Å²) >= 11 is 0. The molecule has 0 aliphatic carbocycles. The minimum atomic E-state index is -4.95. The van der Waals surface area contributed by atoms with E-state index in [1.54, 1.807) is 36.4 Å². The standard InChI is InChI=1S/C30H33N2O6P/c1-3-4-9-17-31-27(30(34)38-2)25-18-21-12-5-6-13-22(21)19-26(25)32-29(33)28(39(35,36)37)24-16-10-14-20-11-7-8-15-23(20)24/h5-8,10-16,18-19,27-28,31H,3-4,9,17H2,1-2H3,(H,32,33)(H2,35,36,37). The Morgan fingerprint density at radius 2 is 1.51 bits per heavy atom. The first-order chi connectivity index (χ1) is 18.7. The van der Waals surface area contributed by atoms with Gasteiger partial charge in [0.05, 0.1) is 7.11 Å². The fourth-order valence-electron chi connectivity index (χ4n) is 4.83. The monoisotopic (exact) mass is 548 g/mol. The summed E-state index contributed by atoms with van der Waals surface area (Å²) in [6, 6.07) is 22.3. The van der Waals surface area contributed by atoms with E-state index >= 15 is 0 Å². The van der Waals surface area contributed by atoms with Gasteiger partial charge >= 0.3 is 13.6 Å². The second-order valence-electron chi connectivity index (χ2n) is 9.45. The molecule has 0 spiro atoms. The van der Waals surface area contributed by atoms with E-state index in [0.717, 1.165) is 35.4 Å². The molecule has 0 aliphatic rings. The van der Waals surface area contributed by atoms with E-state index in [-0.39, 0.29) is 11.3 Å². The summed E-state index contributed by atoms with van der Waals surface area (Å²) < 4.78 is 17.8. The second-order valence-corrected chi connectivity index (χ2v) is 11.1. The van der Waals surface area contributed by atoms with Gasteiger partial charge in [-0.25, -0.2) is 4.79 Å². The number of unbranched alkanes of at least 4 members (excludes halogenated alkanes) is 2. The lowest BCUT2D eigenvalue weighted by atomic mass is 9.98. The molecule has 0 fully saturated rings. The molecule has 0 aromatic heterocycles. The molecular formula is C30H33N2O6P. The number of nitrogens with one attached hydrogen (secondary N) is 2. The van der Waals surface area contributed by atoms with Crippen molar-refractivity contribution in [3.8, 4) is 0 Å². The van der Waals surface area contributed by atoms with Crippen molar-refractivity contribution in [1.82, 2.24) is 5.32 Å². The third-order valence-electron chi connectivity index (χ3n) is 6.76. The molecule has 0 radical (unpaired) electrons. The Kier molecular flexibility index (Phi) is 9.15. The van der Waals surface area contributed by atoms with E-state index in [2.05, 4.69) is 17.6 Å². The Labute approximate surface area is 227 Å². The van der Waals surface area contributed by atoms with Crippen molar-refractivity contribution >= 4 is 46.7 Å². The third-order valence-corrected chi connectivity index (χ3v) is 7.94. The fourth-order valence-corrected chi connectivity index (χ4v) is 5.79. The van der Waals surface area contributed by atoms with E-state index in [4.69, 9.17) is 4.74 Å². The molecule has 4 rings (SSSR count). The minimum Gasteiger partial charge on any atom is -0.468 e. The molecule has 204 valence electrons. The summed E-state index contributed by atoms with van der Waals surface area (Å²) in [5.41, 5.74) is -0.802. The number of methoxy groups -OCH3 is 1. The number of hydrogen-bond donors (Lipinski definition) is 4. The maximum Gasteiger partial charge on any atom is 0.342 e. The van der Waals surface area contributed by atoms with Crippen LogP contribution in [0.25, 0.3) is 21.5 Å². The Morgan fingerprint density at radius 1 is 0.872 bits per heavy atom. The number of anilines is 1. The molecule has 9 heteroatoms. The Bertz CT molecular complexity index is 1530. The summed E-state index contributed by atoms with van der Waals surface area (Å²) in [5, 5.41) is 8.96. The van der Waals surface area contributed by atoms with E-state index < -0.39 is 31.2 Å². The van der Waals surface area contributed by atoms with Gasteiger partial charge in [-0.3, -0.25) is 9.36 Å². The number of carbonyl (C=O) groups is 2. The Hall–Kier alpha value is -3.55. The van der Waals surface area contributed by atoms with Crippen molar-refractivity contribution in [1.29, 1.82) is 0 Å². The van der Waals surface area contributed by atoms with Gasteiger partial charge in [0.2, 0.25) is 5.91 Å². The van der Waals surface area contributed by atoms with Crippen LogP contribution in [0.5, 0.6) is 0 Å². The van der Waals surface area contributed by atoms with Crippen molar-refractivity contribution < 1.29 is 28.7 Å². The van der Waals surface area contributed by atoms with Gasteiger partial charge in [0.1, 0.15) is 6.04 Å². The normalized spacial score (nSPS) is 13.2. The van der Waals surface area contributed by atoms with Crippen LogP contribution in [0.15, 0.2) is 78.9 Å². The van der Waals surface area contributed by atoms with Crippen LogP contribution >= 0.6 is 7.60 Å². The number of carbonyl (C=O) groups excluding carboxylic acids is 2. The number of hydrogen-bond acceptors (Lipinski definition) is 5. The highest BCUT2D eigenvalue weighted by molar-refractivity contribution is 7.53. The predicted molar refractivity (Wildman–Crippen MR) is 154 cm³/mol. The predicted octanol–water partition coefficient (Wildman–Crippen LogP) is 5.84. The van der Waals surface area contributed by atoms with E-state index in [9.17, 15) is 23.9 Å². The number of rotatable bonds is 11. The number of benzene rings is 4. The Morgan fingerprint density at radius 3 is 2.18 bits per heavy atom. The average molecular weight is 549 g/mol. The highest BCUT2D eigenvalue weighted by atomic mass is 31.2. The van der Waals surface area contributed by atoms with Crippen LogP contribution in [0.4, 0.5) is 5.69 Å². The molecule has 2 unspecified atom stereocenters. The lowest BCUT2D eigenvalue weighted by Crippen LogP contribution is -2.32. The summed E-state index contributed by atoms with van der Waals surface area (Å²) in [4.78, 5) is 47.3.